The molecule has 1 aromatic rings. The summed E-state index contributed by atoms with van der Waals surface area (Å²) in [6.45, 7) is 3.40. The molecule has 0 aliphatic carbocycles. The van der Waals surface area contributed by atoms with Gasteiger partial charge in [-0.2, -0.15) is 0 Å². The molecule has 1 rings (SSSR count). The zero-order valence-electron chi connectivity index (χ0n) is 7.89. The zero-order valence-corrected chi connectivity index (χ0v) is 9.48. The molecule has 0 fully saturated rings. The van der Waals surface area contributed by atoms with Crippen LogP contribution in [0.15, 0.2) is 16.6 Å². The maximum Gasteiger partial charge on any atom is 0.133 e. The van der Waals surface area contributed by atoms with Crippen LogP contribution in [0.4, 0.5) is 8.78 Å². The van der Waals surface area contributed by atoms with Crippen molar-refractivity contribution in [1.82, 2.24) is 0 Å². The summed E-state index contributed by atoms with van der Waals surface area (Å²) in [6, 6.07) is 2.29. The van der Waals surface area contributed by atoms with Crippen molar-refractivity contribution in [3.63, 3.8) is 0 Å². The topological polar surface area (TPSA) is 20.2 Å². The van der Waals surface area contributed by atoms with Gasteiger partial charge in [-0.15, -0.1) is 0 Å². The number of aliphatic hydroxyl groups is 1. The van der Waals surface area contributed by atoms with Gasteiger partial charge in [-0.05, 0) is 18.1 Å². The predicted molar refractivity (Wildman–Crippen MR) is 53.9 cm³/mol. The van der Waals surface area contributed by atoms with Crippen LogP contribution in [0.25, 0.3) is 0 Å². The van der Waals surface area contributed by atoms with Gasteiger partial charge < -0.3 is 5.11 Å². The molecule has 14 heavy (non-hydrogen) atoms. The van der Waals surface area contributed by atoms with Crippen molar-refractivity contribution in [2.24, 2.45) is 5.92 Å². The predicted octanol–water partition coefficient (Wildman–Crippen LogP) is 3.42. The molecule has 0 heterocycles. The fourth-order valence-electron chi connectivity index (χ4n) is 1.17. The van der Waals surface area contributed by atoms with Gasteiger partial charge in [-0.1, -0.05) is 29.8 Å². The lowest BCUT2D eigenvalue weighted by Gasteiger charge is -2.16. The molecule has 0 aliphatic rings. The maximum atomic E-state index is 13.3. The summed E-state index contributed by atoms with van der Waals surface area (Å²) >= 11 is 2.97. The molecule has 0 radical (unpaired) electrons. The Kier molecular flexibility index (Phi) is 3.61. The van der Waals surface area contributed by atoms with E-state index in [9.17, 15) is 13.9 Å². The van der Waals surface area contributed by atoms with E-state index in [1.54, 1.807) is 13.8 Å². The maximum absolute atomic E-state index is 13.3. The van der Waals surface area contributed by atoms with Crippen molar-refractivity contribution in [2.45, 2.75) is 20.0 Å². The van der Waals surface area contributed by atoms with E-state index in [0.29, 0.717) is 4.47 Å². The van der Waals surface area contributed by atoms with Crippen LogP contribution in [-0.2, 0) is 0 Å². The standard InChI is InChI=1S/C10H11BrF2O/c1-5(2)10(14)9-7(12)3-6(11)4-8(9)13/h3-5,10,14H,1-2H3. The highest BCUT2D eigenvalue weighted by Crippen LogP contribution is 2.28. The van der Waals surface area contributed by atoms with E-state index in [2.05, 4.69) is 15.9 Å². The number of rotatable bonds is 2. The van der Waals surface area contributed by atoms with Crippen LogP contribution in [0, 0.1) is 17.6 Å². The van der Waals surface area contributed by atoms with Crippen LogP contribution >= 0.6 is 15.9 Å². The Bertz CT molecular complexity index is 316. The molecule has 0 aromatic heterocycles. The first-order valence-corrected chi connectivity index (χ1v) is 5.05. The lowest BCUT2D eigenvalue weighted by Crippen LogP contribution is -2.10. The largest absolute Gasteiger partial charge is 0.388 e. The van der Waals surface area contributed by atoms with Crippen molar-refractivity contribution >= 4 is 15.9 Å². The first-order valence-electron chi connectivity index (χ1n) is 4.26. The van der Waals surface area contributed by atoms with Crippen LogP contribution in [-0.4, -0.2) is 5.11 Å². The van der Waals surface area contributed by atoms with Gasteiger partial charge in [-0.3, -0.25) is 0 Å². The van der Waals surface area contributed by atoms with Crippen molar-refractivity contribution in [3.05, 3.63) is 33.8 Å². The van der Waals surface area contributed by atoms with E-state index >= 15 is 0 Å². The second kappa shape index (κ2) is 4.36. The lowest BCUT2D eigenvalue weighted by atomic mass is 9.98. The molecule has 0 amide bonds. The quantitative estimate of drug-likeness (QED) is 0.868. The summed E-state index contributed by atoms with van der Waals surface area (Å²) in [5.74, 6) is -1.67. The number of benzene rings is 1. The lowest BCUT2D eigenvalue weighted by molar-refractivity contribution is 0.118. The zero-order chi connectivity index (χ0) is 10.9. The smallest absolute Gasteiger partial charge is 0.133 e. The van der Waals surface area contributed by atoms with E-state index < -0.39 is 17.7 Å². The molecular formula is C10H11BrF2O. The fraction of sp³-hybridized carbons (Fsp3) is 0.400. The first-order chi connectivity index (χ1) is 6.43. The minimum atomic E-state index is -1.11. The Balaban J connectivity index is 3.20. The Morgan fingerprint density at radius 3 is 2.00 bits per heavy atom. The molecular weight excluding hydrogens is 254 g/mol. The molecule has 1 N–H and O–H groups in total. The van der Waals surface area contributed by atoms with Crippen molar-refractivity contribution in [3.8, 4) is 0 Å². The second-order valence-electron chi connectivity index (χ2n) is 3.47. The van der Waals surface area contributed by atoms with E-state index in [0.717, 1.165) is 12.1 Å². The van der Waals surface area contributed by atoms with Crippen molar-refractivity contribution < 1.29 is 13.9 Å². The second-order valence-corrected chi connectivity index (χ2v) is 4.39. The molecule has 0 bridgehead atoms. The summed E-state index contributed by atoms with van der Waals surface area (Å²) in [5, 5.41) is 9.56. The van der Waals surface area contributed by atoms with Crippen LogP contribution < -0.4 is 0 Å². The van der Waals surface area contributed by atoms with Gasteiger partial charge >= 0.3 is 0 Å². The molecule has 1 aromatic carbocycles. The van der Waals surface area contributed by atoms with Gasteiger partial charge in [0.15, 0.2) is 0 Å². The fourth-order valence-corrected chi connectivity index (χ4v) is 1.57. The molecule has 0 saturated carbocycles. The summed E-state index contributed by atoms with van der Waals surface area (Å²) in [6.07, 6.45) is -1.11. The van der Waals surface area contributed by atoms with Crippen LogP contribution in [0.1, 0.15) is 25.5 Å². The number of hydrogen-bond donors (Lipinski definition) is 1. The summed E-state index contributed by atoms with van der Waals surface area (Å²) < 4.78 is 26.9. The molecule has 0 aliphatic heterocycles. The highest BCUT2D eigenvalue weighted by atomic mass is 79.9. The average Bonchev–Trinajstić information content (AvgIpc) is 2.01. The highest BCUT2D eigenvalue weighted by Gasteiger charge is 2.21. The molecule has 1 nitrogen and oxygen atoms in total. The SMILES string of the molecule is CC(C)C(O)c1c(F)cc(Br)cc1F. The molecule has 1 atom stereocenters. The van der Waals surface area contributed by atoms with Crippen LogP contribution in [0.3, 0.4) is 0 Å². The van der Waals surface area contributed by atoms with Gasteiger partial charge in [0.05, 0.1) is 11.7 Å². The van der Waals surface area contributed by atoms with E-state index in [1.807, 2.05) is 0 Å². The first kappa shape index (κ1) is 11.6. The molecule has 78 valence electrons. The Morgan fingerprint density at radius 1 is 1.21 bits per heavy atom. The Labute approximate surface area is 89.9 Å². The molecule has 0 spiro atoms. The minimum absolute atomic E-state index is 0.222. The van der Waals surface area contributed by atoms with Crippen LogP contribution in [0.5, 0.6) is 0 Å². The third kappa shape index (κ3) is 2.30. The number of halogens is 3. The van der Waals surface area contributed by atoms with Crippen molar-refractivity contribution in [2.75, 3.05) is 0 Å². The van der Waals surface area contributed by atoms with Gasteiger partial charge in [0.2, 0.25) is 0 Å². The number of hydrogen-bond acceptors (Lipinski definition) is 1. The minimum Gasteiger partial charge on any atom is -0.388 e. The van der Waals surface area contributed by atoms with Gasteiger partial charge in [0.1, 0.15) is 11.6 Å². The van der Waals surface area contributed by atoms with Gasteiger partial charge in [0, 0.05) is 4.47 Å². The summed E-state index contributed by atoms with van der Waals surface area (Å²) in [4.78, 5) is 0. The molecule has 4 heteroatoms. The monoisotopic (exact) mass is 264 g/mol. The van der Waals surface area contributed by atoms with E-state index in [1.165, 1.54) is 0 Å². The van der Waals surface area contributed by atoms with E-state index in [4.69, 9.17) is 0 Å². The van der Waals surface area contributed by atoms with E-state index in [-0.39, 0.29) is 11.5 Å². The molecule has 0 saturated heterocycles. The normalized spacial score (nSPS) is 13.4. The third-order valence-corrected chi connectivity index (χ3v) is 2.43. The molecule has 1 unspecified atom stereocenters. The highest BCUT2D eigenvalue weighted by molar-refractivity contribution is 9.10. The van der Waals surface area contributed by atoms with Crippen molar-refractivity contribution in [1.29, 1.82) is 0 Å². The average molecular weight is 265 g/mol. The Hall–Kier alpha value is -0.480. The van der Waals surface area contributed by atoms with Gasteiger partial charge in [0.25, 0.3) is 0 Å². The third-order valence-electron chi connectivity index (χ3n) is 1.97. The summed E-state index contributed by atoms with van der Waals surface area (Å²) in [7, 11) is 0. The number of aliphatic hydroxyl groups excluding tert-OH is 1. The summed E-state index contributed by atoms with van der Waals surface area (Å²) in [5.41, 5.74) is -0.261. The van der Waals surface area contributed by atoms with Gasteiger partial charge in [-0.25, -0.2) is 8.78 Å². The Morgan fingerprint density at radius 2 is 1.64 bits per heavy atom. The van der Waals surface area contributed by atoms with Crippen LogP contribution in [0.2, 0.25) is 0 Å².